The number of aryl methyl sites for hydroxylation is 3. The quantitative estimate of drug-likeness (QED) is 0.434. The van der Waals surface area contributed by atoms with Gasteiger partial charge < -0.3 is 5.32 Å². The predicted molar refractivity (Wildman–Crippen MR) is 127 cm³/mol. The molecule has 34 heavy (non-hydrogen) atoms. The van der Waals surface area contributed by atoms with E-state index in [1.807, 2.05) is 13.0 Å². The lowest BCUT2D eigenvalue weighted by molar-refractivity contribution is -0.137. The number of sulfonamides is 1. The molecule has 0 aliphatic carbocycles. The normalized spacial score (nSPS) is 11.9. The number of carbonyl (C=O) groups is 1. The number of amides is 1. The number of nitrogens with one attached hydrogen (secondary N) is 1. The van der Waals surface area contributed by atoms with E-state index < -0.39 is 39.2 Å². The molecule has 0 unspecified atom stereocenters. The van der Waals surface area contributed by atoms with Crippen LogP contribution in [0.5, 0.6) is 0 Å². The van der Waals surface area contributed by atoms with E-state index in [2.05, 4.69) is 5.32 Å². The summed E-state index contributed by atoms with van der Waals surface area (Å²) in [6, 6.07) is 13.9. The number of nitrogens with zero attached hydrogens (tertiary/aromatic N) is 1. The van der Waals surface area contributed by atoms with Gasteiger partial charge in [-0.25, -0.2) is 8.42 Å². The molecule has 0 heterocycles. The van der Waals surface area contributed by atoms with Gasteiger partial charge in [-0.15, -0.1) is 0 Å². The molecule has 3 rings (SSSR count). The minimum absolute atomic E-state index is 0.166. The van der Waals surface area contributed by atoms with E-state index in [9.17, 15) is 26.4 Å². The van der Waals surface area contributed by atoms with E-state index in [4.69, 9.17) is 11.6 Å². The summed E-state index contributed by atoms with van der Waals surface area (Å²) in [7, 11) is -4.39. The van der Waals surface area contributed by atoms with E-state index in [1.165, 1.54) is 12.1 Å². The van der Waals surface area contributed by atoms with Crippen LogP contribution >= 0.6 is 11.6 Å². The van der Waals surface area contributed by atoms with Gasteiger partial charge in [0.2, 0.25) is 5.91 Å². The van der Waals surface area contributed by atoms with E-state index in [1.54, 1.807) is 38.1 Å². The van der Waals surface area contributed by atoms with Gasteiger partial charge in [-0.05, 0) is 68.3 Å². The zero-order chi connectivity index (χ0) is 25.3. The minimum Gasteiger partial charge on any atom is -0.324 e. The van der Waals surface area contributed by atoms with Crippen LogP contribution in [0.1, 0.15) is 22.3 Å². The summed E-state index contributed by atoms with van der Waals surface area (Å²) < 4.78 is 67.9. The van der Waals surface area contributed by atoms with E-state index in [0.717, 1.165) is 28.8 Å². The van der Waals surface area contributed by atoms with Crippen LogP contribution < -0.4 is 9.62 Å². The fourth-order valence-electron chi connectivity index (χ4n) is 3.23. The molecule has 0 spiro atoms. The summed E-state index contributed by atoms with van der Waals surface area (Å²) in [6.45, 7) is 4.61. The van der Waals surface area contributed by atoms with Gasteiger partial charge in [0, 0.05) is 5.69 Å². The summed E-state index contributed by atoms with van der Waals surface area (Å²) in [5.41, 5.74) is 1.35. The Morgan fingerprint density at radius 3 is 2.18 bits per heavy atom. The first-order valence-electron chi connectivity index (χ1n) is 10.1. The summed E-state index contributed by atoms with van der Waals surface area (Å²) in [5, 5.41) is 2.07. The van der Waals surface area contributed by atoms with Crippen molar-refractivity contribution in [1.82, 2.24) is 0 Å². The lowest BCUT2D eigenvalue weighted by Crippen LogP contribution is -2.38. The van der Waals surface area contributed by atoms with Crippen molar-refractivity contribution in [2.24, 2.45) is 0 Å². The summed E-state index contributed by atoms with van der Waals surface area (Å²) in [6.07, 6.45) is -4.81. The lowest BCUT2D eigenvalue weighted by atomic mass is 10.1. The zero-order valence-corrected chi connectivity index (χ0v) is 20.1. The Labute approximate surface area is 201 Å². The standard InChI is InChI=1S/C24H22ClF3N2O3S/c1-15-5-9-19(10-6-15)34(32,33)30(18-8-11-21(25)20(13-18)24(26,27)28)14-23(31)29-22-12-16(2)4-7-17(22)3/h4-13H,14H2,1-3H3,(H,29,31). The molecule has 5 nitrogen and oxygen atoms in total. The van der Waals surface area contributed by atoms with Crippen molar-refractivity contribution in [2.45, 2.75) is 31.8 Å². The third-order valence-corrected chi connectivity index (χ3v) is 7.22. The van der Waals surface area contributed by atoms with Crippen LogP contribution in [0.15, 0.2) is 65.6 Å². The van der Waals surface area contributed by atoms with Crippen LogP contribution in [0.2, 0.25) is 5.02 Å². The third-order valence-electron chi connectivity index (χ3n) is 5.11. The number of anilines is 2. The number of hydrogen-bond acceptors (Lipinski definition) is 3. The van der Waals surface area contributed by atoms with Gasteiger partial charge in [-0.3, -0.25) is 9.10 Å². The van der Waals surface area contributed by atoms with Crippen molar-refractivity contribution in [1.29, 1.82) is 0 Å². The van der Waals surface area contributed by atoms with Crippen LogP contribution in [0.3, 0.4) is 0 Å². The molecule has 0 aliphatic heterocycles. The van der Waals surface area contributed by atoms with Gasteiger partial charge in [0.25, 0.3) is 10.0 Å². The molecule has 0 saturated heterocycles. The second-order valence-electron chi connectivity index (χ2n) is 7.85. The average molecular weight is 511 g/mol. The molecule has 0 aromatic heterocycles. The maximum absolute atomic E-state index is 13.5. The number of hydrogen-bond donors (Lipinski definition) is 1. The van der Waals surface area contributed by atoms with Crippen LogP contribution in [0, 0.1) is 20.8 Å². The third kappa shape index (κ3) is 5.71. The average Bonchev–Trinajstić information content (AvgIpc) is 2.74. The van der Waals surface area contributed by atoms with Gasteiger partial charge in [0.05, 0.1) is 21.2 Å². The van der Waals surface area contributed by atoms with Gasteiger partial charge in [-0.2, -0.15) is 13.2 Å². The summed E-state index contributed by atoms with van der Waals surface area (Å²) in [4.78, 5) is 12.7. The van der Waals surface area contributed by atoms with E-state index in [-0.39, 0.29) is 10.6 Å². The van der Waals surface area contributed by atoms with E-state index in [0.29, 0.717) is 16.1 Å². The van der Waals surface area contributed by atoms with Crippen LogP contribution in [-0.4, -0.2) is 20.9 Å². The highest BCUT2D eigenvalue weighted by Crippen LogP contribution is 2.38. The largest absolute Gasteiger partial charge is 0.417 e. The second-order valence-corrected chi connectivity index (χ2v) is 10.1. The Bertz CT molecular complexity index is 1320. The Kier molecular flexibility index (Phi) is 7.28. The highest BCUT2D eigenvalue weighted by Gasteiger charge is 2.35. The highest BCUT2D eigenvalue weighted by atomic mass is 35.5. The maximum Gasteiger partial charge on any atom is 0.417 e. The Morgan fingerprint density at radius 2 is 1.56 bits per heavy atom. The van der Waals surface area contributed by atoms with Crippen molar-refractivity contribution in [3.63, 3.8) is 0 Å². The minimum atomic E-state index is -4.81. The molecule has 1 amide bonds. The zero-order valence-electron chi connectivity index (χ0n) is 18.6. The monoisotopic (exact) mass is 510 g/mol. The van der Waals surface area contributed by atoms with Crippen molar-refractivity contribution < 1.29 is 26.4 Å². The molecule has 0 radical (unpaired) electrons. The molecule has 0 fully saturated rings. The molecule has 0 saturated carbocycles. The molecule has 0 atom stereocenters. The fraction of sp³-hybridized carbons (Fsp3) is 0.208. The SMILES string of the molecule is Cc1ccc(S(=O)(=O)N(CC(=O)Nc2cc(C)ccc2C)c2ccc(Cl)c(C(F)(F)F)c2)cc1. The number of benzene rings is 3. The van der Waals surface area contributed by atoms with Crippen molar-refractivity contribution >= 4 is 38.9 Å². The van der Waals surface area contributed by atoms with Gasteiger partial charge in [0.15, 0.2) is 0 Å². The first-order valence-corrected chi connectivity index (χ1v) is 11.9. The van der Waals surface area contributed by atoms with Crippen molar-refractivity contribution in [2.75, 3.05) is 16.2 Å². The predicted octanol–water partition coefficient (Wildman–Crippen LogP) is 6.12. The summed E-state index contributed by atoms with van der Waals surface area (Å²) >= 11 is 5.71. The molecule has 180 valence electrons. The molecule has 0 bridgehead atoms. The van der Waals surface area contributed by atoms with Crippen molar-refractivity contribution in [3.8, 4) is 0 Å². The van der Waals surface area contributed by atoms with Crippen molar-refractivity contribution in [3.05, 3.63) is 87.9 Å². The van der Waals surface area contributed by atoms with Gasteiger partial charge >= 0.3 is 6.18 Å². The van der Waals surface area contributed by atoms with Crippen LogP contribution in [0.25, 0.3) is 0 Å². The topological polar surface area (TPSA) is 66.5 Å². The first kappa shape index (κ1) is 25.6. The second kappa shape index (κ2) is 9.68. The first-order chi connectivity index (χ1) is 15.8. The molecule has 1 N–H and O–H groups in total. The Balaban J connectivity index is 2.06. The molecule has 0 aliphatic rings. The smallest absolute Gasteiger partial charge is 0.324 e. The fourth-order valence-corrected chi connectivity index (χ4v) is 4.87. The number of halogens is 4. The lowest BCUT2D eigenvalue weighted by Gasteiger charge is -2.25. The molecular weight excluding hydrogens is 489 g/mol. The van der Waals surface area contributed by atoms with Gasteiger partial charge in [0.1, 0.15) is 6.54 Å². The maximum atomic E-state index is 13.5. The highest BCUT2D eigenvalue weighted by molar-refractivity contribution is 7.92. The molecular formula is C24H22ClF3N2O3S. The van der Waals surface area contributed by atoms with Gasteiger partial charge in [-0.1, -0.05) is 41.4 Å². The van der Waals surface area contributed by atoms with Crippen LogP contribution in [0.4, 0.5) is 24.5 Å². The number of carbonyl (C=O) groups excluding carboxylic acids is 1. The Morgan fingerprint density at radius 1 is 0.941 bits per heavy atom. The molecule has 10 heteroatoms. The summed E-state index contributed by atoms with van der Waals surface area (Å²) in [5.74, 6) is -0.715. The molecule has 3 aromatic rings. The number of rotatable bonds is 6. The number of alkyl halides is 3. The molecule has 3 aromatic carbocycles. The van der Waals surface area contributed by atoms with E-state index >= 15 is 0 Å². The van der Waals surface area contributed by atoms with Crippen LogP contribution in [-0.2, 0) is 21.0 Å². The Hall–Kier alpha value is -3.04.